The number of sulfonamides is 1. The average Bonchev–Trinajstić information content (AvgIpc) is 2.74. The fourth-order valence-electron chi connectivity index (χ4n) is 2.70. The molecule has 0 atom stereocenters. The molecule has 0 aliphatic carbocycles. The highest BCUT2D eigenvalue weighted by Gasteiger charge is 2.27. The highest BCUT2D eigenvalue weighted by molar-refractivity contribution is 7.92. The first-order chi connectivity index (χ1) is 14.3. The minimum Gasteiger partial charge on any atom is -0.497 e. The highest BCUT2D eigenvalue weighted by Crippen LogP contribution is 2.27. The van der Waals surface area contributed by atoms with Crippen LogP contribution in [0, 0.1) is 0 Å². The lowest BCUT2D eigenvalue weighted by Crippen LogP contribution is -2.38. The van der Waals surface area contributed by atoms with Crippen LogP contribution in [-0.2, 0) is 14.8 Å². The van der Waals surface area contributed by atoms with Gasteiger partial charge in [0, 0.05) is 5.02 Å². The summed E-state index contributed by atoms with van der Waals surface area (Å²) in [5, 5.41) is 3.30. The summed E-state index contributed by atoms with van der Waals surface area (Å²) in [5.74, 6) is -0.0319. The number of amides is 1. The van der Waals surface area contributed by atoms with Gasteiger partial charge in [0.1, 0.15) is 12.3 Å². The van der Waals surface area contributed by atoms with Crippen LogP contribution in [0.1, 0.15) is 0 Å². The lowest BCUT2D eigenvalue weighted by Gasteiger charge is -2.24. The summed E-state index contributed by atoms with van der Waals surface area (Å²) in [5.41, 5.74) is 0.687. The summed E-state index contributed by atoms with van der Waals surface area (Å²) in [7, 11) is -2.53. The Morgan fingerprint density at radius 1 is 1.00 bits per heavy atom. The molecule has 0 bridgehead atoms. The second-order valence-electron chi connectivity index (χ2n) is 6.20. The smallest absolute Gasteiger partial charge is 0.264 e. The molecule has 0 radical (unpaired) electrons. The van der Waals surface area contributed by atoms with E-state index in [2.05, 4.69) is 5.32 Å². The topological polar surface area (TPSA) is 75.7 Å². The first kappa shape index (κ1) is 22.0. The number of nitrogens with zero attached hydrogens (tertiary/aromatic N) is 1. The van der Waals surface area contributed by atoms with Crippen molar-refractivity contribution in [2.75, 3.05) is 23.3 Å². The van der Waals surface area contributed by atoms with Crippen LogP contribution in [0.25, 0.3) is 0 Å². The molecule has 156 valence electrons. The van der Waals surface area contributed by atoms with Gasteiger partial charge in [0.2, 0.25) is 5.91 Å². The molecule has 9 heteroatoms. The van der Waals surface area contributed by atoms with Gasteiger partial charge < -0.3 is 10.1 Å². The number of para-hydroxylation sites is 1. The van der Waals surface area contributed by atoms with Gasteiger partial charge in [-0.25, -0.2) is 8.42 Å². The molecule has 0 heterocycles. The van der Waals surface area contributed by atoms with Crippen LogP contribution in [0.2, 0.25) is 10.0 Å². The molecule has 6 nitrogen and oxygen atoms in total. The number of hydrogen-bond donors (Lipinski definition) is 1. The molecule has 0 spiro atoms. The molecule has 0 fully saturated rings. The summed E-state index contributed by atoms with van der Waals surface area (Å²) in [4.78, 5) is 12.7. The monoisotopic (exact) mass is 464 g/mol. The number of benzene rings is 3. The first-order valence-corrected chi connectivity index (χ1v) is 11.0. The molecule has 0 aromatic heterocycles. The van der Waals surface area contributed by atoms with Crippen LogP contribution in [0.15, 0.2) is 77.7 Å². The van der Waals surface area contributed by atoms with E-state index in [9.17, 15) is 13.2 Å². The van der Waals surface area contributed by atoms with Crippen LogP contribution < -0.4 is 14.4 Å². The second-order valence-corrected chi connectivity index (χ2v) is 8.90. The van der Waals surface area contributed by atoms with Gasteiger partial charge in [0.05, 0.1) is 28.4 Å². The highest BCUT2D eigenvalue weighted by atomic mass is 35.5. The average molecular weight is 465 g/mol. The summed E-state index contributed by atoms with van der Waals surface area (Å²) >= 11 is 12.0. The summed E-state index contributed by atoms with van der Waals surface area (Å²) < 4.78 is 32.7. The van der Waals surface area contributed by atoms with Gasteiger partial charge >= 0.3 is 0 Å². The maximum Gasteiger partial charge on any atom is 0.264 e. The van der Waals surface area contributed by atoms with Crippen molar-refractivity contribution >= 4 is 50.5 Å². The van der Waals surface area contributed by atoms with Crippen molar-refractivity contribution in [3.63, 3.8) is 0 Å². The maximum atomic E-state index is 13.3. The summed E-state index contributed by atoms with van der Waals surface area (Å²) in [6.45, 7) is -0.447. The number of nitrogens with one attached hydrogen (secondary N) is 1. The van der Waals surface area contributed by atoms with E-state index >= 15 is 0 Å². The van der Waals surface area contributed by atoms with E-state index in [0.717, 1.165) is 4.31 Å². The second kappa shape index (κ2) is 9.38. The van der Waals surface area contributed by atoms with Crippen LogP contribution in [0.5, 0.6) is 5.75 Å². The number of ether oxygens (including phenoxy) is 1. The third-order valence-electron chi connectivity index (χ3n) is 4.18. The minimum atomic E-state index is -4.02. The summed E-state index contributed by atoms with van der Waals surface area (Å²) in [6, 6.07) is 18.9. The Labute approximate surface area is 185 Å². The van der Waals surface area contributed by atoms with Crippen molar-refractivity contribution in [3.05, 3.63) is 82.8 Å². The number of anilines is 2. The molecule has 0 aliphatic heterocycles. The Kier molecular flexibility index (Phi) is 6.87. The van der Waals surface area contributed by atoms with E-state index < -0.39 is 22.5 Å². The van der Waals surface area contributed by atoms with Crippen LogP contribution in [0.4, 0.5) is 11.4 Å². The van der Waals surface area contributed by atoms with Crippen molar-refractivity contribution in [1.29, 1.82) is 0 Å². The predicted molar refractivity (Wildman–Crippen MR) is 119 cm³/mol. The molecule has 30 heavy (non-hydrogen) atoms. The molecule has 0 aliphatic rings. The molecule has 0 saturated carbocycles. The zero-order valence-corrected chi connectivity index (χ0v) is 18.2. The van der Waals surface area contributed by atoms with Crippen LogP contribution in [0.3, 0.4) is 0 Å². The van der Waals surface area contributed by atoms with Crippen LogP contribution in [-0.4, -0.2) is 28.0 Å². The van der Waals surface area contributed by atoms with Gasteiger partial charge in [-0.05, 0) is 54.6 Å². The molecule has 1 N–H and O–H groups in total. The fraction of sp³-hybridized carbons (Fsp3) is 0.0952. The standard InChI is InChI=1S/C21H18Cl2N2O4S/c1-29-17-8-10-18(11-9-17)30(27,28)25(16-5-3-2-4-6-16)14-21(26)24-20-12-7-15(22)13-19(20)23/h2-13H,14H2,1H3,(H,24,26). The Morgan fingerprint density at radius 2 is 1.67 bits per heavy atom. The zero-order valence-electron chi connectivity index (χ0n) is 15.9. The number of carbonyl (C=O) groups is 1. The number of methoxy groups -OCH3 is 1. The SMILES string of the molecule is COc1ccc(S(=O)(=O)N(CC(=O)Nc2ccc(Cl)cc2Cl)c2ccccc2)cc1. The number of rotatable bonds is 7. The Morgan fingerprint density at radius 3 is 2.27 bits per heavy atom. The molecular weight excluding hydrogens is 447 g/mol. The lowest BCUT2D eigenvalue weighted by molar-refractivity contribution is -0.114. The van der Waals surface area contributed by atoms with Crippen molar-refractivity contribution in [1.82, 2.24) is 0 Å². The quantitative estimate of drug-likeness (QED) is 0.542. The molecule has 3 rings (SSSR count). The Hall–Kier alpha value is -2.74. The van der Waals surface area contributed by atoms with Crippen LogP contribution >= 0.6 is 23.2 Å². The minimum absolute atomic E-state index is 0.0319. The van der Waals surface area contributed by atoms with Gasteiger partial charge in [0.15, 0.2) is 0 Å². The molecule has 0 unspecified atom stereocenters. The Bertz CT molecular complexity index is 1140. The van der Waals surface area contributed by atoms with Gasteiger partial charge in [-0.1, -0.05) is 41.4 Å². The fourth-order valence-corrected chi connectivity index (χ4v) is 4.57. The third kappa shape index (κ3) is 5.05. The largest absolute Gasteiger partial charge is 0.497 e. The van der Waals surface area contributed by atoms with Gasteiger partial charge in [-0.2, -0.15) is 0 Å². The molecule has 1 amide bonds. The molecular formula is C21H18Cl2N2O4S. The van der Waals surface area contributed by atoms with E-state index in [4.69, 9.17) is 27.9 Å². The molecule has 3 aromatic rings. The normalized spacial score (nSPS) is 11.0. The van der Waals surface area contributed by atoms with Gasteiger partial charge in [-0.15, -0.1) is 0 Å². The van der Waals surface area contributed by atoms with Crippen molar-refractivity contribution < 1.29 is 17.9 Å². The van der Waals surface area contributed by atoms with Crippen molar-refractivity contribution in [2.24, 2.45) is 0 Å². The predicted octanol–water partition coefficient (Wildman–Crippen LogP) is 4.84. The van der Waals surface area contributed by atoms with Crippen molar-refractivity contribution in [2.45, 2.75) is 4.90 Å². The van der Waals surface area contributed by atoms with Crippen molar-refractivity contribution in [3.8, 4) is 5.75 Å². The Balaban J connectivity index is 1.91. The van der Waals surface area contributed by atoms with E-state index in [1.807, 2.05) is 0 Å². The first-order valence-electron chi connectivity index (χ1n) is 8.78. The maximum absolute atomic E-state index is 13.3. The number of halogens is 2. The molecule has 0 saturated heterocycles. The number of carbonyl (C=O) groups excluding carboxylic acids is 1. The third-order valence-corrected chi connectivity index (χ3v) is 6.52. The number of hydrogen-bond acceptors (Lipinski definition) is 4. The zero-order chi connectivity index (χ0) is 21.7. The van der Waals surface area contributed by atoms with Gasteiger partial charge in [0.25, 0.3) is 10.0 Å². The lowest BCUT2D eigenvalue weighted by atomic mass is 10.3. The summed E-state index contributed by atoms with van der Waals surface area (Å²) in [6.07, 6.45) is 0. The van der Waals surface area contributed by atoms with E-state index in [1.54, 1.807) is 54.6 Å². The molecule has 3 aromatic carbocycles. The van der Waals surface area contributed by atoms with Gasteiger partial charge in [-0.3, -0.25) is 9.10 Å². The van der Waals surface area contributed by atoms with E-state index in [1.165, 1.54) is 25.3 Å². The van der Waals surface area contributed by atoms with E-state index in [-0.39, 0.29) is 9.92 Å². The van der Waals surface area contributed by atoms with E-state index in [0.29, 0.717) is 22.1 Å².